The summed E-state index contributed by atoms with van der Waals surface area (Å²) >= 11 is 0. The molecule has 0 spiro atoms. The first kappa shape index (κ1) is 55.7. The number of nitrogens with one attached hydrogen (secondary N) is 1. The van der Waals surface area contributed by atoms with Gasteiger partial charge in [-0.1, -0.05) is 78.9 Å². The molecule has 2 aliphatic rings. The maximum atomic E-state index is 13.1. The maximum Gasteiger partial charge on any atom is 1.00 e. The molecule has 0 fully saturated rings. The summed E-state index contributed by atoms with van der Waals surface area (Å²) in [5, 5.41) is 51.3. The number of ketones is 6. The molecule has 0 unspecified atom stereocenters. The van der Waals surface area contributed by atoms with Crippen LogP contribution in [0.3, 0.4) is 0 Å². The van der Waals surface area contributed by atoms with Crippen LogP contribution in [0.1, 0.15) is 86.8 Å². The minimum atomic E-state index is -4.54. The zero-order chi connectivity index (χ0) is 53.6. The van der Waals surface area contributed by atoms with E-state index in [4.69, 9.17) is 9.47 Å². The van der Waals surface area contributed by atoms with Crippen molar-refractivity contribution < 1.29 is 106 Å². The van der Waals surface area contributed by atoms with Crippen LogP contribution in [0.25, 0.3) is 12.2 Å². The quantitative estimate of drug-likeness (QED) is 0.0204. The van der Waals surface area contributed by atoms with Crippen LogP contribution in [-0.4, -0.2) is 87.4 Å². The Morgan fingerprint density at radius 3 is 1.45 bits per heavy atom. The zero-order valence-corrected chi connectivity index (χ0v) is 43.1. The second kappa shape index (κ2) is 23.5. The van der Waals surface area contributed by atoms with Crippen molar-refractivity contribution in [2.45, 2.75) is 18.2 Å². The number of fused-ring (bicyclic) bond motifs is 4. The normalized spacial score (nSPS) is 12.2. The van der Waals surface area contributed by atoms with Gasteiger partial charge in [-0.05, 0) is 96.4 Å². The van der Waals surface area contributed by atoms with Crippen molar-refractivity contribution in [1.82, 2.24) is 0 Å². The van der Waals surface area contributed by atoms with Gasteiger partial charge < -0.3 is 40.3 Å². The summed E-state index contributed by atoms with van der Waals surface area (Å²) in [5.41, 5.74) is 2.83. The Bertz CT molecular complexity index is 3580. The van der Waals surface area contributed by atoms with E-state index >= 15 is 0 Å². The Balaban J connectivity index is 0.000000186. The summed E-state index contributed by atoms with van der Waals surface area (Å²) in [6.07, 6.45) is 5.44. The monoisotopic (exact) mass is 1040 g/mol. The molecule has 9 rings (SSSR count). The largest absolute Gasteiger partial charge is 1.00 e. The van der Waals surface area contributed by atoms with E-state index < -0.39 is 39.0 Å². The Morgan fingerprint density at radius 1 is 0.520 bits per heavy atom. The number of aromatic hydroxyl groups is 5. The first-order chi connectivity index (χ1) is 35.2. The fourth-order valence-electron chi connectivity index (χ4n) is 7.82. The molecule has 19 heteroatoms. The van der Waals surface area contributed by atoms with Gasteiger partial charge >= 0.3 is 29.6 Å². The SMILES string of the molecule is COc1cc(/C=C/C(=O)CC(=O)/C=C/c2ccc(O)c(OC)c2)ccc1O.Cc1ccc(Nc2ccc(O)c3c2C(=O)c2ccccc2C3=O)c(S(=O)(=O)O)c1.O=C1c2ccccc2C(=O)c2c1ccc(O)c2O.[Na+]. The number of hydrogen-bond donors (Lipinski definition) is 7. The van der Waals surface area contributed by atoms with E-state index in [0.717, 1.165) is 0 Å². The molecule has 0 radical (unpaired) electrons. The fourth-order valence-corrected chi connectivity index (χ4v) is 8.55. The number of phenolic OH excluding ortho intramolecular Hbond substituents is 5. The van der Waals surface area contributed by atoms with Crippen LogP contribution in [0.2, 0.25) is 0 Å². The number of benzene rings is 7. The van der Waals surface area contributed by atoms with Crippen molar-refractivity contribution in [3.63, 3.8) is 0 Å². The summed E-state index contributed by atoms with van der Waals surface area (Å²) in [6.45, 7) is 1.67. The van der Waals surface area contributed by atoms with Crippen LogP contribution in [0, 0.1) is 6.92 Å². The summed E-state index contributed by atoms with van der Waals surface area (Å²) in [6, 6.07) is 31.6. The first-order valence-corrected chi connectivity index (χ1v) is 23.4. The third-order valence-corrected chi connectivity index (χ3v) is 12.4. The number of ether oxygens (including phenoxy) is 2. The molecule has 0 aliphatic heterocycles. The van der Waals surface area contributed by atoms with Gasteiger partial charge in [-0.25, -0.2) is 0 Å². The summed E-state index contributed by atoms with van der Waals surface area (Å²) in [7, 11) is -1.68. The van der Waals surface area contributed by atoms with E-state index in [2.05, 4.69) is 5.32 Å². The minimum Gasteiger partial charge on any atom is -0.507 e. The number of aryl methyl sites for hydroxylation is 1. The molecule has 0 aromatic heterocycles. The second-order valence-corrected chi connectivity index (χ2v) is 17.8. The number of carbonyl (C=O) groups excluding carboxylic acids is 6. The van der Waals surface area contributed by atoms with Crippen molar-refractivity contribution in [2.75, 3.05) is 19.5 Å². The topological polar surface area (TPSA) is 288 Å². The van der Waals surface area contributed by atoms with Gasteiger partial charge in [0.15, 0.2) is 69.2 Å². The van der Waals surface area contributed by atoms with Crippen molar-refractivity contribution >= 4 is 68.3 Å². The van der Waals surface area contributed by atoms with Crippen LogP contribution in [0.4, 0.5) is 11.4 Å². The maximum absolute atomic E-state index is 13.1. The first-order valence-electron chi connectivity index (χ1n) is 22.0. The van der Waals surface area contributed by atoms with Crippen molar-refractivity contribution in [2.24, 2.45) is 0 Å². The number of carbonyl (C=O) groups is 6. The summed E-state index contributed by atoms with van der Waals surface area (Å²) in [4.78, 5) is 73.8. The van der Waals surface area contributed by atoms with Gasteiger partial charge in [-0.3, -0.25) is 33.3 Å². The van der Waals surface area contributed by atoms with Gasteiger partial charge in [0.25, 0.3) is 10.1 Å². The van der Waals surface area contributed by atoms with Crippen molar-refractivity contribution in [1.29, 1.82) is 0 Å². The van der Waals surface area contributed by atoms with Crippen molar-refractivity contribution in [3.05, 3.63) is 201 Å². The average molecular weight is 1040 g/mol. The minimum absolute atomic E-state index is 0. The standard InChI is InChI=1S/C21H15NO6S.C21H20O6.C14H8O4.Na/c1-11-6-7-14(17(10-11)29(26,27)28)22-15-8-9-16(23)19-18(15)20(24)12-4-2-3-5-13(12)21(19)25;1-26-20-11-14(5-9-18(20)24)3-7-16(22)13-17(23)8-4-15-6-10-19(25)21(12-15)27-2;15-10-6-5-9-11(14(10)18)13(17)8-4-2-1-3-7(8)12(9)16;/h2-10,22-23H,1H3,(H,26,27,28);3-12,24-25H,13H2,1-2H3;1-6,15,18H;/q;;;+1/b;7-3+,8-4+;;. The van der Waals surface area contributed by atoms with Crippen LogP contribution in [0.15, 0.2) is 144 Å². The van der Waals surface area contributed by atoms with Crippen molar-refractivity contribution in [3.8, 4) is 40.2 Å². The molecule has 0 atom stereocenters. The van der Waals surface area contributed by atoms with E-state index in [-0.39, 0.29) is 126 Å². The van der Waals surface area contributed by atoms with E-state index in [0.29, 0.717) is 33.8 Å². The smallest absolute Gasteiger partial charge is 0.507 e. The van der Waals surface area contributed by atoms with Gasteiger partial charge in [-0.15, -0.1) is 0 Å². The number of anilines is 2. The second-order valence-electron chi connectivity index (χ2n) is 16.4. The van der Waals surface area contributed by atoms with E-state index in [9.17, 15) is 67.3 Å². The number of allylic oxidation sites excluding steroid dienone is 2. The Morgan fingerprint density at radius 2 is 0.960 bits per heavy atom. The molecular weight excluding hydrogens is 998 g/mol. The molecule has 7 aromatic rings. The molecule has 374 valence electrons. The average Bonchev–Trinajstić information content (AvgIpc) is 3.38. The van der Waals surface area contributed by atoms with Gasteiger partial charge in [0.05, 0.1) is 48.7 Å². The van der Waals surface area contributed by atoms with Crippen LogP contribution >= 0.6 is 0 Å². The predicted octanol–water partition coefficient (Wildman–Crippen LogP) is 5.71. The van der Waals surface area contributed by atoms with Gasteiger partial charge in [0.2, 0.25) is 0 Å². The zero-order valence-electron chi connectivity index (χ0n) is 40.3. The third-order valence-electron chi connectivity index (χ3n) is 11.5. The Labute approximate surface area is 450 Å². The predicted molar refractivity (Wildman–Crippen MR) is 271 cm³/mol. The summed E-state index contributed by atoms with van der Waals surface area (Å²) < 4.78 is 43.1. The molecule has 0 saturated heterocycles. The molecule has 0 saturated carbocycles. The summed E-state index contributed by atoms with van der Waals surface area (Å²) in [5.74, 6) is -3.14. The van der Waals surface area contributed by atoms with Gasteiger partial charge in [0, 0.05) is 27.8 Å². The van der Waals surface area contributed by atoms with Gasteiger partial charge in [0.1, 0.15) is 10.6 Å². The number of phenols is 5. The van der Waals surface area contributed by atoms with Crippen LogP contribution < -0.4 is 44.3 Å². The van der Waals surface area contributed by atoms with E-state index in [1.807, 2.05) is 0 Å². The number of rotatable bonds is 11. The Hall–Kier alpha value is -8.65. The molecule has 0 bridgehead atoms. The number of hydrogen-bond acceptors (Lipinski definition) is 16. The Kier molecular flexibility index (Phi) is 17.4. The molecule has 75 heavy (non-hydrogen) atoms. The van der Waals surface area contributed by atoms with Crippen LogP contribution in [0.5, 0.6) is 40.2 Å². The molecule has 17 nitrogen and oxygen atoms in total. The molecule has 7 N–H and O–H groups in total. The third kappa shape index (κ3) is 12.2. The molecule has 7 aromatic carbocycles. The molecular formula is C56H43NNaO16S+. The fraction of sp³-hybridized carbons (Fsp3) is 0.0714. The van der Waals surface area contributed by atoms with E-state index in [1.54, 1.807) is 79.7 Å². The van der Waals surface area contributed by atoms with E-state index in [1.165, 1.54) is 93.1 Å². The molecule has 2 aliphatic carbocycles. The van der Waals surface area contributed by atoms with Gasteiger partial charge in [-0.2, -0.15) is 8.42 Å². The van der Waals surface area contributed by atoms with Crippen LogP contribution in [-0.2, 0) is 19.7 Å². The molecule has 0 heterocycles. The number of methoxy groups -OCH3 is 2. The molecule has 0 amide bonds.